The second kappa shape index (κ2) is 13.1. The largest absolute Gasteiger partial charge is 0.474 e. The zero-order valence-electron chi connectivity index (χ0n) is 22.4. The lowest BCUT2D eigenvalue weighted by molar-refractivity contribution is -0.0571. The molecule has 1 atom stereocenters. The van der Waals surface area contributed by atoms with Crippen molar-refractivity contribution in [2.24, 2.45) is 0 Å². The summed E-state index contributed by atoms with van der Waals surface area (Å²) in [7, 11) is -3.91. The standard InChI is InChI=1S/C25H41F2N3O6S/c1-18-9-10-21(37(33,34)28-15-17-31)22(29-18)35-19(2)8-6-7-16-30(23(32)36-24(3,4)5)20-11-13-25(26,27)14-12-20/h9-10,19-20,28,31H,6-8,11-17H2,1-5H3/t19-/m1/s1. The molecule has 2 rings (SSSR count). The maximum Gasteiger partial charge on any atom is 0.410 e. The van der Waals surface area contributed by atoms with Gasteiger partial charge in [-0.25, -0.2) is 31.7 Å². The van der Waals surface area contributed by atoms with Gasteiger partial charge in [0.1, 0.15) is 10.5 Å². The number of carbonyl (C=O) groups excluding carboxylic acids is 1. The molecule has 1 aliphatic carbocycles. The SMILES string of the molecule is Cc1ccc(S(=O)(=O)NCCO)c(O[C@H](C)CCCCN(C(=O)OC(C)(C)C)C2CCC(F)(F)CC2)n1. The van der Waals surface area contributed by atoms with Crippen LogP contribution in [-0.4, -0.2) is 72.9 Å². The van der Waals surface area contributed by atoms with E-state index >= 15 is 0 Å². The minimum Gasteiger partial charge on any atom is -0.474 e. The number of sulfonamides is 1. The zero-order chi connectivity index (χ0) is 27.9. The first-order chi connectivity index (χ1) is 17.1. The third kappa shape index (κ3) is 10.3. The van der Waals surface area contributed by atoms with E-state index in [1.807, 2.05) is 0 Å². The van der Waals surface area contributed by atoms with Gasteiger partial charge in [-0.2, -0.15) is 0 Å². The number of pyridine rings is 1. The summed E-state index contributed by atoms with van der Waals surface area (Å²) < 4.78 is 66.1. The molecule has 1 fully saturated rings. The van der Waals surface area contributed by atoms with Crippen LogP contribution >= 0.6 is 0 Å². The minimum absolute atomic E-state index is 0.0172. The Hall–Kier alpha value is -2.05. The highest BCUT2D eigenvalue weighted by Crippen LogP contribution is 2.35. The first-order valence-electron chi connectivity index (χ1n) is 12.8. The molecule has 0 radical (unpaired) electrons. The van der Waals surface area contributed by atoms with Gasteiger partial charge >= 0.3 is 6.09 Å². The van der Waals surface area contributed by atoms with E-state index < -0.39 is 27.6 Å². The molecule has 212 valence electrons. The first-order valence-corrected chi connectivity index (χ1v) is 14.2. The van der Waals surface area contributed by atoms with Gasteiger partial charge < -0.3 is 19.5 Å². The van der Waals surface area contributed by atoms with Gasteiger partial charge in [0.15, 0.2) is 0 Å². The van der Waals surface area contributed by atoms with Gasteiger partial charge in [-0.1, -0.05) is 0 Å². The van der Waals surface area contributed by atoms with Crippen LogP contribution in [0.5, 0.6) is 5.88 Å². The number of nitrogens with one attached hydrogen (secondary N) is 1. The average Bonchev–Trinajstić information content (AvgIpc) is 2.77. The number of halogens is 2. The highest BCUT2D eigenvalue weighted by molar-refractivity contribution is 7.89. The summed E-state index contributed by atoms with van der Waals surface area (Å²) in [4.78, 5) is 18.5. The number of aryl methyl sites for hydroxylation is 1. The van der Waals surface area contributed by atoms with Crippen molar-refractivity contribution in [2.75, 3.05) is 19.7 Å². The normalized spacial score (nSPS) is 17.3. The van der Waals surface area contributed by atoms with Gasteiger partial charge in [-0.05, 0) is 78.9 Å². The van der Waals surface area contributed by atoms with E-state index in [1.165, 1.54) is 6.07 Å². The quantitative estimate of drug-likeness (QED) is 0.371. The van der Waals surface area contributed by atoms with Crippen molar-refractivity contribution in [3.63, 3.8) is 0 Å². The third-order valence-corrected chi connectivity index (χ3v) is 7.46. The smallest absolute Gasteiger partial charge is 0.410 e. The van der Waals surface area contributed by atoms with Crippen LogP contribution < -0.4 is 9.46 Å². The topological polar surface area (TPSA) is 118 Å². The highest BCUT2D eigenvalue weighted by Gasteiger charge is 2.39. The maximum absolute atomic E-state index is 13.7. The molecule has 1 amide bonds. The maximum atomic E-state index is 13.7. The summed E-state index contributed by atoms with van der Waals surface area (Å²) in [6.07, 6.45) is 0.909. The van der Waals surface area contributed by atoms with E-state index in [-0.39, 0.29) is 61.8 Å². The molecule has 2 N–H and O–H groups in total. The molecule has 0 saturated heterocycles. The van der Waals surface area contributed by atoms with E-state index in [9.17, 15) is 22.0 Å². The van der Waals surface area contributed by atoms with E-state index in [0.29, 0.717) is 31.5 Å². The molecule has 1 heterocycles. The molecule has 1 aromatic rings. The van der Waals surface area contributed by atoms with Crippen LogP contribution in [0.15, 0.2) is 17.0 Å². The summed E-state index contributed by atoms with van der Waals surface area (Å²) in [5.41, 5.74) is -0.101. The second-order valence-corrected chi connectivity index (χ2v) is 12.3. The molecule has 0 aliphatic heterocycles. The Labute approximate surface area is 219 Å². The monoisotopic (exact) mass is 549 g/mol. The van der Waals surface area contributed by atoms with E-state index in [0.717, 1.165) is 0 Å². The van der Waals surface area contributed by atoms with E-state index in [1.54, 1.807) is 45.6 Å². The Kier molecular flexibility index (Phi) is 11.1. The third-order valence-electron chi connectivity index (χ3n) is 5.99. The van der Waals surface area contributed by atoms with Crippen molar-refractivity contribution in [1.82, 2.24) is 14.6 Å². The number of rotatable bonds is 12. The summed E-state index contributed by atoms with van der Waals surface area (Å²) in [5, 5.41) is 8.95. The lowest BCUT2D eigenvalue weighted by atomic mass is 9.91. The van der Waals surface area contributed by atoms with Crippen LogP contribution in [0.1, 0.15) is 78.3 Å². The number of ether oxygens (including phenoxy) is 2. The summed E-state index contributed by atoms with van der Waals surface area (Å²) >= 11 is 0. The summed E-state index contributed by atoms with van der Waals surface area (Å²) in [5.74, 6) is -2.71. The Morgan fingerprint density at radius 3 is 2.51 bits per heavy atom. The molecule has 0 aromatic carbocycles. The fourth-order valence-electron chi connectivity index (χ4n) is 4.11. The van der Waals surface area contributed by atoms with Crippen molar-refractivity contribution >= 4 is 16.1 Å². The molecule has 1 saturated carbocycles. The van der Waals surface area contributed by atoms with Crippen molar-refractivity contribution < 1.29 is 36.6 Å². The Morgan fingerprint density at radius 2 is 1.92 bits per heavy atom. The van der Waals surface area contributed by atoms with Gasteiger partial charge in [0.05, 0.1) is 12.7 Å². The van der Waals surface area contributed by atoms with Crippen LogP contribution in [0.4, 0.5) is 13.6 Å². The number of nitrogens with zero attached hydrogens (tertiary/aromatic N) is 2. The molecule has 0 bridgehead atoms. The van der Waals surface area contributed by atoms with Crippen LogP contribution in [0.25, 0.3) is 0 Å². The molecular formula is C25H41F2N3O6S. The number of carbonyl (C=O) groups is 1. The highest BCUT2D eigenvalue weighted by atomic mass is 32.2. The molecule has 12 heteroatoms. The lowest BCUT2D eigenvalue weighted by Crippen LogP contribution is -2.46. The van der Waals surface area contributed by atoms with Gasteiger partial charge in [0.25, 0.3) is 0 Å². The van der Waals surface area contributed by atoms with Crippen LogP contribution in [-0.2, 0) is 14.8 Å². The lowest BCUT2D eigenvalue weighted by Gasteiger charge is -2.37. The number of aliphatic hydroxyl groups is 1. The first kappa shape index (κ1) is 31.2. The number of hydrogen-bond donors (Lipinski definition) is 2. The number of aromatic nitrogens is 1. The Bertz CT molecular complexity index is 991. The molecule has 1 aromatic heterocycles. The molecule has 0 unspecified atom stereocenters. The van der Waals surface area contributed by atoms with Gasteiger partial charge in [0.2, 0.25) is 21.8 Å². The Morgan fingerprint density at radius 1 is 1.27 bits per heavy atom. The van der Waals surface area contributed by atoms with Crippen LogP contribution in [0, 0.1) is 6.92 Å². The average molecular weight is 550 g/mol. The number of unbranched alkanes of at least 4 members (excludes halogenated alkanes) is 1. The molecule has 9 nitrogen and oxygen atoms in total. The number of hydrogen-bond acceptors (Lipinski definition) is 7. The second-order valence-electron chi connectivity index (χ2n) is 10.6. The van der Waals surface area contributed by atoms with Gasteiger partial charge in [-0.3, -0.25) is 0 Å². The van der Waals surface area contributed by atoms with Crippen LogP contribution in [0.2, 0.25) is 0 Å². The summed E-state index contributed by atoms with van der Waals surface area (Å²) in [6.45, 7) is 8.73. The number of amides is 1. The predicted molar refractivity (Wildman–Crippen MR) is 135 cm³/mol. The molecular weight excluding hydrogens is 508 g/mol. The predicted octanol–water partition coefficient (Wildman–Crippen LogP) is 4.41. The number of alkyl halides is 2. The minimum atomic E-state index is -3.91. The van der Waals surface area contributed by atoms with Crippen molar-refractivity contribution in [2.45, 2.75) is 108 Å². The van der Waals surface area contributed by atoms with Crippen molar-refractivity contribution in [1.29, 1.82) is 0 Å². The molecule has 1 aliphatic rings. The zero-order valence-corrected chi connectivity index (χ0v) is 23.2. The van der Waals surface area contributed by atoms with Gasteiger partial charge in [0, 0.05) is 37.7 Å². The van der Waals surface area contributed by atoms with E-state index in [2.05, 4.69) is 9.71 Å². The van der Waals surface area contributed by atoms with Gasteiger partial charge in [-0.15, -0.1) is 0 Å². The molecule has 0 spiro atoms. The Balaban J connectivity index is 1.98. The fourth-order valence-corrected chi connectivity index (χ4v) is 5.20. The van der Waals surface area contributed by atoms with Crippen LogP contribution in [0.3, 0.4) is 0 Å². The molecule has 37 heavy (non-hydrogen) atoms. The van der Waals surface area contributed by atoms with Crippen molar-refractivity contribution in [3.8, 4) is 5.88 Å². The fraction of sp³-hybridized carbons (Fsp3) is 0.760. The van der Waals surface area contributed by atoms with Crippen molar-refractivity contribution in [3.05, 3.63) is 17.8 Å². The summed E-state index contributed by atoms with van der Waals surface area (Å²) in [6, 6.07) is 2.69. The number of aliphatic hydroxyl groups excluding tert-OH is 1. The van der Waals surface area contributed by atoms with E-state index in [4.69, 9.17) is 14.6 Å².